The minimum absolute atomic E-state index is 0.162. The van der Waals surface area contributed by atoms with Crippen molar-refractivity contribution >= 4 is 11.9 Å². The smallest absolute Gasteiger partial charge is 0.323 e. The maximum Gasteiger partial charge on any atom is 0.323 e. The molecule has 0 aromatic carbocycles. The Morgan fingerprint density at radius 3 is 1.39 bits per heavy atom. The fraction of sp³-hybridized carbons (Fsp3) is 0.895. The first-order valence-corrected chi connectivity index (χ1v) is 9.29. The van der Waals surface area contributed by atoms with Crippen LogP contribution in [0.1, 0.15) is 92.9 Å². The lowest BCUT2D eigenvalue weighted by molar-refractivity contribution is -0.179. The number of hydrogen-bond donors (Lipinski definition) is 0. The second-order valence-electron chi connectivity index (χ2n) is 6.51. The molecule has 2 atom stereocenters. The van der Waals surface area contributed by atoms with Crippen LogP contribution >= 0.6 is 0 Å². The molecular weight excluding hydrogens is 292 g/mol. The molecule has 136 valence electrons. The summed E-state index contributed by atoms with van der Waals surface area (Å²) in [7, 11) is 0. The van der Waals surface area contributed by atoms with Crippen molar-refractivity contribution in [1.82, 2.24) is 0 Å². The van der Waals surface area contributed by atoms with Crippen LogP contribution in [0.15, 0.2) is 0 Å². The molecule has 0 aliphatic rings. The zero-order valence-electron chi connectivity index (χ0n) is 15.9. The lowest BCUT2D eigenvalue weighted by atomic mass is 9.82. The van der Waals surface area contributed by atoms with Crippen molar-refractivity contribution in [3.8, 4) is 0 Å². The number of hydrogen-bond acceptors (Lipinski definition) is 4. The zero-order chi connectivity index (χ0) is 17.9. The Kier molecular flexibility index (Phi) is 10.9. The highest BCUT2D eigenvalue weighted by molar-refractivity contribution is 6.00. The molecule has 4 heteroatoms. The summed E-state index contributed by atoms with van der Waals surface area (Å²) in [5.41, 5.74) is -1.17. The van der Waals surface area contributed by atoms with Crippen LogP contribution in [0.25, 0.3) is 0 Å². The largest absolute Gasteiger partial charge is 0.462 e. The lowest BCUT2D eigenvalue weighted by Crippen LogP contribution is -2.43. The normalized spacial score (nSPS) is 14.2. The summed E-state index contributed by atoms with van der Waals surface area (Å²) < 4.78 is 11.1. The first-order valence-electron chi connectivity index (χ1n) is 9.29. The second-order valence-corrected chi connectivity index (χ2v) is 6.51. The number of rotatable bonds is 12. The van der Waals surface area contributed by atoms with E-state index in [0.717, 1.165) is 38.5 Å². The monoisotopic (exact) mass is 328 g/mol. The van der Waals surface area contributed by atoms with Gasteiger partial charge in [0.2, 0.25) is 0 Å². The van der Waals surface area contributed by atoms with Crippen LogP contribution in [-0.2, 0) is 19.1 Å². The van der Waals surface area contributed by atoms with E-state index in [0.29, 0.717) is 12.8 Å². The van der Waals surface area contributed by atoms with Gasteiger partial charge < -0.3 is 9.47 Å². The zero-order valence-corrected chi connectivity index (χ0v) is 15.9. The van der Waals surface area contributed by atoms with E-state index >= 15 is 0 Å². The summed E-state index contributed by atoms with van der Waals surface area (Å²) in [5, 5.41) is 0. The third-order valence-corrected chi connectivity index (χ3v) is 4.53. The highest BCUT2D eigenvalue weighted by Gasteiger charge is 2.46. The number of carbonyl (C=O) groups is 2. The summed E-state index contributed by atoms with van der Waals surface area (Å²) in [6.45, 7) is 11.7. The predicted octanol–water partition coefficient (Wildman–Crippen LogP) is 5.04. The van der Waals surface area contributed by atoms with Crippen molar-refractivity contribution in [3.05, 3.63) is 0 Å². The molecule has 0 fully saturated rings. The van der Waals surface area contributed by atoms with E-state index in [1.165, 1.54) is 0 Å². The van der Waals surface area contributed by atoms with Crippen LogP contribution in [0.3, 0.4) is 0 Å². The average Bonchev–Trinajstić information content (AvgIpc) is 2.52. The van der Waals surface area contributed by atoms with Crippen LogP contribution in [0, 0.1) is 5.41 Å². The van der Waals surface area contributed by atoms with Crippen molar-refractivity contribution in [1.29, 1.82) is 0 Å². The Morgan fingerprint density at radius 1 is 0.783 bits per heavy atom. The highest BCUT2D eigenvalue weighted by Crippen LogP contribution is 2.31. The maximum atomic E-state index is 12.6. The van der Waals surface area contributed by atoms with Crippen LogP contribution in [0.4, 0.5) is 0 Å². The SMILES string of the molecule is CCCCC(C)OC(=O)C(CC)(CC)C(=O)OC(C)CCCC. The van der Waals surface area contributed by atoms with Gasteiger partial charge in [-0.1, -0.05) is 53.4 Å². The molecule has 0 spiro atoms. The molecule has 4 nitrogen and oxygen atoms in total. The van der Waals surface area contributed by atoms with Gasteiger partial charge in [0.05, 0.1) is 12.2 Å². The average molecular weight is 328 g/mol. The number of unbranched alkanes of at least 4 members (excludes halogenated alkanes) is 2. The predicted molar refractivity (Wildman–Crippen MR) is 93.2 cm³/mol. The molecule has 0 radical (unpaired) electrons. The third-order valence-electron chi connectivity index (χ3n) is 4.53. The van der Waals surface area contributed by atoms with Gasteiger partial charge in [0.1, 0.15) is 0 Å². The molecule has 0 bridgehead atoms. The van der Waals surface area contributed by atoms with Gasteiger partial charge in [-0.25, -0.2) is 0 Å². The Labute approximate surface area is 142 Å². The van der Waals surface area contributed by atoms with Gasteiger partial charge in [0.15, 0.2) is 5.41 Å². The van der Waals surface area contributed by atoms with Gasteiger partial charge in [0.25, 0.3) is 0 Å². The van der Waals surface area contributed by atoms with Crippen molar-refractivity contribution in [2.45, 2.75) is 105 Å². The van der Waals surface area contributed by atoms with Gasteiger partial charge in [0, 0.05) is 0 Å². The topological polar surface area (TPSA) is 52.6 Å². The summed E-state index contributed by atoms with van der Waals surface area (Å²) in [5.74, 6) is -0.863. The fourth-order valence-electron chi connectivity index (χ4n) is 2.60. The summed E-state index contributed by atoms with van der Waals surface area (Å²) in [6, 6.07) is 0. The fourth-order valence-corrected chi connectivity index (χ4v) is 2.60. The lowest BCUT2D eigenvalue weighted by Gasteiger charge is -2.30. The Balaban J connectivity index is 4.87. The quantitative estimate of drug-likeness (QED) is 0.372. The van der Waals surface area contributed by atoms with Gasteiger partial charge >= 0.3 is 11.9 Å². The molecule has 0 rings (SSSR count). The standard InChI is InChI=1S/C19H36O4/c1-7-11-13-15(5)22-17(20)19(9-3,10-4)18(21)23-16(6)14-12-8-2/h15-16H,7-14H2,1-6H3. The third kappa shape index (κ3) is 6.92. The second kappa shape index (κ2) is 11.5. The molecule has 0 aliphatic heterocycles. The number of esters is 2. The van der Waals surface area contributed by atoms with Gasteiger partial charge in [-0.05, 0) is 39.5 Å². The van der Waals surface area contributed by atoms with E-state index in [2.05, 4.69) is 13.8 Å². The number of carbonyl (C=O) groups excluding carboxylic acids is 2. The van der Waals surface area contributed by atoms with E-state index in [1.807, 2.05) is 27.7 Å². The molecule has 0 aliphatic carbocycles. The van der Waals surface area contributed by atoms with Gasteiger partial charge in [-0.2, -0.15) is 0 Å². The van der Waals surface area contributed by atoms with Gasteiger partial charge in [-0.3, -0.25) is 9.59 Å². The molecule has 0 saturated heterocycles. The van der Waals surface area contributed by atoms with Crippen molar-refractivity contribution in [3.63, 3.8) is 0 Å². The Bertz CT molecular complexity index is 317. The number of ether oxygens (including phenoxy) is 2. The van der Waals surface area contributed by atoms with Crippen LogP contribution in [0.5, 0.6) is 0 Å². The van der Waals surface area contributed by atoms with Crippen LogP contribution < -0.4 is 0 Å². The minimum atomic E-state index is -1.17. The molecular formula is C19H36O4. The van der Waals surface area contributed by atoms with Crippen molar-refractivity contribution in [2.75, 3.05) is 0 Å². The summed E-state index contributed by atoms with van der Waals surface area (Å²) in [6.07, 6.45) is 6.29. The first kappa shape index (κ1) is 21.9. The molecule has 0 saturated carbocycles. The van der Waals surface area contributed by atoms with Crippen LogP contribution in [-0.4, -0.2) is 24.1 Å². The van der Waals surface area contributed by atoms with Crippen LogP contribution in [0.2, 0.25) is 0 Å². The minimum Gasteiger partial charge on any atom is -0.462 e. The maximum absolute atomic E-state index is 12.6. The molecule has 0 N–H and O–H groups in total. The highest BCUT2D eigenvalue weighted by atomic mass is 16.6. The summed E-state index contributed by atoms with van der Waals surface area (Å²) >= 11 is 0. The molecule has 2 unspecified atom stereocenters. The molecule has 0 amide bonds. The first-order chi connectivity index (χ1) is 10.9. The molecule has 0 aromatic heterocycles. The van der Waals surface area contributed by atoms with E-state index in [1.54, 1.807) is 0 Å². The van der Waals surface area contributed by atoms with E-state index in [-0.39, 0.29) is 12.2 Å². The van der Waals surface area contributed by atoms with Crippen molar-refractivity contribution < 1.29 is 19.1 Å². The summed E-state index contributed by atoms with van der Waals surface area (Å²) in [4.78, 5) is 25.2. The Morgan fingerprint density at radius 2 is 1.13 bits per heavy atom. The molecule has 0 aromatic rings. The molecule has 0 heterocycles. The van der Waals surface area contributed by atoms with E-state index < -0.39 is 17.4 Å². The van der Waals surface area contributed by atoms with Crippen molar-refractivity contribution in [2.24, 2.45) is 5.41 Å². The Hall–Kier alpha value is -1.06. The van der Waals surface area contributed by atoms with E-state index in [9.17, 15) is 9.59 Å². The van der Waals surface area contributed by atoms with Gasteiger partial charge in [-0.15, -0.1) is 0 Å². The van der Waals surface area contributed by atoms with E-state index in [4.69, 9.17) is 9.47 Å². The molecule has 23 heavy (non-hydrogen) atoms.